The normalized spacial score (nSPS) is 10.5. The second kappa shape index (κ2) is 7.47. The number of anilines is 1. The van der Waals surface area contributed by atoms with Gasteiger partial charge in [0.05, 0.1) is 15.7 Å². The predicted molar refractivity (Wildman–Crippen MR) is 77.0 cm³/mol. The van der Waals surface area contributed by atoms with Gasteiger partial charge >= 0.3 is 0 Å². The van der Waals surface area contributed by atoms with Gasteiger partial charge in [-0.05, 0) is 12.1 Å². The minimum absolute atomic E-state index is 0.0714. The van der Waals surface area contributed by atoms with E-state index >= 15 is 0 Å². The molecule has 0 saturated heterocycles. The van der Waals surface area contributed by atoms with Crippen molar-refractivity contribution in [2.75, 3.05) is 11.9 Å². The second-order valence-electron chi connectivity index (χ2n) is 3.42. The largest absolute Gasteiger partial charge is 0.386 e. The summed E-state index contributed by atoms with van der Waals surface area (Å²) in [7, 11) is 0. The summed E-state index contributed by atoms with van der Waals surface area (Å²) in [4.78, 5) is 11.8. The molecule has 4 nitrogen and oxygen atoms in total. The van der Waals surface area contributed by atoms with Crippen molar-refractivity contribution < 1.29 is 4.79 Å². The van der Waals surface area contributed by atoms with Gasteiger partial charge in [0.1, 0.15) is 11.6 Å². The van der Waals surface area contributed by atoms with Crippen LogP contribution in [0.15, 0.2) is 42.6 Å². The SMILES string of the molecule is C=CCN/C=C(/C#N)C(=O)Nc1cccc(Cl)c1Cl. The maximum Gasteiger partial charge on any atom is 0.267 e. The van der Waals surface area contributed by atoms with E-state index in [4.69, 9.17) is 28.5 Å². The summed E-state index contributed by atoms with van der Waals surface area (Å²) in [6, 6.07) is 6.64. The van der Waals surface area contributed by atoms with E-state index in [-0.39, 0.29) is 10.6 Å². The number of nitriles is 1. The van der Waals surface area contributed by atoms with Gasteiger partial charge in [0.2, 0.25) is 0 Å². The Morgan fingerprint density at radius 1 is 1.47 bits per heavy atom. The van der Waals surface area contributed by atoms with Crippen LogP contribution < -0.4 is 10.6 Å². The molecule has 0 aliphatic heterocycles. The number of halogens is 2. The van der Waals surface area contributed by atoms with Gasteiger partial charge in [-0.2, -0.15) is 5.26 Å². The average molecular weight is 296 g/mol. The summed E-state index contributed by atoms with van der Waals surface area (Å²) in [6.45, 7) is 3.96. The average Bonchev–Trinajstić information content (AvgIpc) is 2.40. The molecule has 1 amide bonds. The maximum atomic E-state index is 11.8. The smallest absolute Gasteiger partial charge is 0.267 e. The van der Waals surface area contributed by atoms with Crippen LogP contribution in [0.5, 0.6) is 0 Å². The topological polar surface area (TPSA) is 64.9 Å². The molecule has 0 saturated carbocycles. The molecule has 2 N–H and O–H groups in total. The molecule has 0 aliphatic rings. The Balaban J connectivity index is 2.83. The highest BCUT2D eigenvalue weighted by atomic mass is 35.5. The van der Waals surface area contributed by atoms with Crippen LogP contribution >= 0.6 is 23.2 Å². The molecule has 0 radical (unpaired) electrons. The van der Waals surface area contributed by atoms with Crippen molar-refractivity contribution in [1.29, 1.82) is 5.26 Å². The molecule has 6 heteroatoms. The monoisotopic (exact) mass is 295 g/mol. The van der Waals surface area contributed by atoms with Crippen molar-refractivity contribution in [2.24, 2.45) is 0 Å². The Labute approximate surface area is 121 Å². The lowest BCUT2D eigenvalue weighted by Crippen LogP contribution is -2.17. The Morgan fingerprint density at radius 3 is 2.84 bits per heavy atom. The summed E-state index contributed by atoms with van der Waals surface area (Å²) in [5, 5.41) is 14.7. The number of nitrogens with zero attached hydrogens (tertiary/aromatic N) is 1. The fourth-order valence-corrected chi connectivity index (χ4v) is 1.53. The third-order valence-corrected chi connectivity index (χ3v) is 2.89. The van der Waals surface area contributed by atoms with Crippen molar-refractivity contribution in [3.05, 3.63) is 52.7 Å². The minimum Gasteiger partial charge on any atom is -0.386 e. The maximum absolute atomic E-state index is 11.8. The first kappa shape index (κ1) is 15.1. The van der Waals surface area contributed by atoms with E-state index in [0.717, 1.165) is 0 Å². The third-order valence-electron chi connectivity index (χ3n) is 2.07. The number of carbonyl (C=O) groups excluding carboxylic acids is 1. The molecule has 1 aromatic carbocycles. The van der Waals surface area contributed by atoms with Crippen molar-refractivity contribution in [3.8, 4) is 6.07 Å². The molecule has 0 fully saturated rings. The number of hydrogen-bond acceptors (Lipinski definition) is 3. The zero-order valence-electron chi connectivity index (χ0n) is 9.91. The number of carbonyl (C=O) groups is 1. The third kappa shape index (κ3) is 4.32. The molecule has 98 valence electrons. The first-order chi connectivity index (χ1) is 9.10. The van der Waals surface area contributed by atoms with Gasteiger partial charge < -0.3 is 10.6 Å². The Bertz CT molecular complexity index is 561. The molecule has 0 aliphatic carbocycles. The molecule has 0 aromatic heterocycles. The van der Waals surface area contributed by atoms with Crippen LogP contribution in [0, 0.1) is 11.3 Å². The van der Waals surface area contributed by atoms with Crippen molar-refractivity contribution in [2.45, 2.75) is 0 Å². The molecular formula is C13H11Cl2N3O. The van der Waals surface area contributed by atoms with Crippen LogP contribution in [-0.4, -0.2) is 12.5 Å². The van der Waals surface area contributed by atoms with Gasteiger partial charge in [-0.25, -0.2) is 0 Å². The number of benzene rings is 1. The number of amides is 1. The second-order valence-corrected chi connectivity index (χ2v) is 4.21. The summed E-state index contributed by atoms with van der Waals surface area (Å²) < 4.78 is 0. The van der Waals surface area contributed by atoms with Gasteiger partial charge in [0, 0.05) is 12.7 Å². The molecule has 1 rings (SSSR count). The number of nitrogens with one attached hydrogen (secondary N) is 2. The zero-order chi connectivity index (χ0) is 14.3. The van der Waals surface area contributed by atoms with Gasteiger partial charge in [-0.1, -0.05) is 35.3 Å². The van der Waals surface area contributed by atoms with Gasteiger partial charge in [0.25, 0.3) is 5.91 Å². The molecule has 19 heavy (non-hydrogen) atoms. The molecule has 1 aromatic rings. The van der Waals surface area contributed by atoms with E-state index in [2.05, 4.69) is 17.2 Å². The summed E-state index contributed by atoms with van der Waals surface area (Å²) >= 11 is 11.8. The quantitative estimate of drug-likeness (QED) is 0.380. The van der Waals surface area contributed by atoms with Gasteiger partial charge in [-0.3, -0.25) is 4.79 Å². The summed E-state index contributed by atoms with van der Waals surface area (Å²) in [5.41, 5.74) is 0.280. The molecule has 0 heterocycles. The van der Waals surface area contributed by atoms with Crippen LogP contribution in [0.1, 0.15) is 0 Å². The highest BCUT2D eigenvalue weighted by Gasteiger charge is 2.12. The van der Waals surface area contributed by atoms with Crippen molar-refractivity contribution >= 4 is 34.8 Å². The standard InChI is InChI=1S/C13H11Cl2N3O/c1-2-6-17-8-9(7-16)13(19)18-11-5-3-4-10(14)12(11)15/h2-5,8,17H,1,6H2,(H,18,19)/b9-8-. The van der Waals surface area contributed by atoms with E-state index in [1.807, 2.05) is 0 Å². The first-order valence-electron chi connectivity index (χ1n) is 5.30. The van der Waals surface area contributed by atoms with Gasteiger partial charge in [0.15, 0.2) is 0 Å². The molecule has 0 unspecified atom stereocenters. The van der Waals surface area contributed by atoms with E-state index in [9.17, 15) is 4.79 Å². The summed E-state index contributed by atoms with van der Waals surface area (Å²) in [6.07, 6.45) is 2.92. The van der Waals surface area contributed by atoms with Gasteiger partial charge in [-0.15, -0.1) is 6.58 Å². The van der Waals surface area contributed by atoms with E-state index < -0.39 is 5.91 Å². The first-order valence-corrected chi connectivity index (χ1v) is 6.05. The fraction of sp³-hybridized carbons (Fsp3) is 0.0769. The van der Waals surface area contributed by atoms with E-state index in [0.29, 0.717) is 17.3 Å². The molecule has 0 bridgehead atoms. The Morgan fingerprint density at radius 2 is 2.21 bits per heavy atom. The molecule has 0 spiro atoms. The van der Waals surface area contributed by atoms with Crippen LogP contribution in [0.4, 0.5) is 5.69 Å². The lowest BCUT2D eigenvalue weighted by Gasteiger charge is -2.07. The highest BCUT2D eigenvalue weighted by molar-refractivity contribution is 6.44. The van der Waals surface area contributed by atoms with Crippen LogP contribution in [0.3, 0.4) is 0 Å². The van der Waals surface area contributed by atoms with E-state index in [1.54, 1.807) is 30.3 Å². The number of hydrogen-bond donors (Lipinski definition) is 2. The Kier molecular flexibility index (Phi) is 5.94. The molecular weight excluding hydrogens is 285 g/mol. The van der Waals surface area contributed by atoms with Crippen LogP contribution in [-0.2, 0) is 4.79 Å². The summed E-state index contributed by atoms with van der Waals surface area (Å²) in [5.74, 6) is -0.566. The molecule has 0 atom stereocenters. The fourth-order valence-electron chi connectivity index (χ4n) is 1.18. The minimum atomic E-state index is -0.566. The number of rotatable bonds is 5. The zero-order valence-corrected chi connectivity index (χ0v) is 11.4. The lowest BCUT2D eigenvalue weighted by molar-refractivity contribution is -0.112. The van der Waals surface area contributed by atoms with Crippen molar-refractivity contribution in [3.63, 3.8) is 0 Å². The predicted octanol–water partition coefficient (Wildman–Crippen LogP) is 3.11. The van der Waals surface area contributed by atoms with E-state index in [1.165, 1.54) is 6.20 Å². The lowest BCUT2D eigenvalue weighted by atomic mass is 10.2. The van der Waals surface area contributed by atoms with Crippen molar-refractivity contribution in [1.82, 2.24) is 5.32 Å². The Hall–Kier alpha value is -1.96. The highest BCUT2D eigenvalue weighted by Crippen LogP contribution is 2.29. The van der Waals surface area contributed by atoms with Crippen LogP contribution in [0.25, 0.3) is 0 Å². The van der Waals surface area contributed by atoms with Crippen LogP contribution in [0.2, 0.25) is 10.0 Å².